The molecule has 8 heteroatoms. The van der Waals surface area contributed by atoms with Crippen molar-refractivity contribution in [2.45, 2.75) is 19.0 Å². The first kappa shape index (κ1) is 21.2. The largest absolute Gasteiger partial charge is 0.493 e. The van der Waals surface area contributed by atoms with E-state index in [1.807, 2.05) is 23.1 Å². The summed E-state index contributed by atoms with van der Waals surface area (Å²) in [5.74, 6) is 4.44. The normalized spacial score (nSPS) is 16.1. The van der Waals surface area contributed by atoms with E-state index < -0.39 is 0 Å². The summed E-state index contributed by atoms with van der Waals surface area (Å²) >= 11 is 0. The van der Waals surface area contributed by atoms with Crippen LogP contribution in [0.2, 0.25) is 0 Å². The fraction of sp³-hybridized carbons (Fsp3) is 0.364. The number of nitrogens with one attached hydrogen (secondary N) is 2. The van der Waals surface area contributed by atoms with Crippen molar-refractivity contribution in [2.75, 3.05) is 38.8 Å². The fourth-order valence-electron chi connectivity index (χ4n) is 3.32. The molecule has 1 atom stereocenters. The van der Waals surface area contributed by atoms with Crippen molar-refractivity contribution in [1.29, 1.82) is 0 Å². The van der Waals surface area contributed by atoms with E-state index in [0.29, 0.717) is 36.4 Å². The molecule has 1 aromatic heterocycles. The molecular weight excluding hydrogens is 385 g/mol. The second-order valence-corrected chi connectivity index (χ2v) is 6.79. The number of pyridine rings is 1. The van der Waals surface area contributed by atoms with Gasteiger partial charge in [-0.05, 0) is 36.2 Å². The average Bonchev–Trinajstić information content (AvgIpc) is 3.23. The summed E-state index contributed by atoms with van der Waals surface area (Å²) in [6.07, 6.45) is 7.75. The molecule has 1 aliphatic heterocycles. The monoisotopic (exact) mass is 411 g/mol. The lowest BCUT2D eigenvalue weighted by molar-refractivity contribution is 0.330. The second kappa shape index (κ2) is 10.3. The minimum absolute atomic E-state index is 0.142. The van der Waals surface area contributed by atoms with Gasteiger partial charge in [-0.2, -0.15) is 0 Å². The van der Waals surface area contributed by atoms with Crippen molar-refractivity contribution in [1.82, 2.24) is 15.6 Å². The molecular formula is C22H26FN5O2. The Morgan fingerprint density at radius 1 is 1.40 bits per heavy atom. The first-order valence-corrected chi connectivity index (χ1v) is 9.70. The number of benzene rings is 1. The Hall–Kier alpha value is -3.47. The maximum atomic E-state index is 14.0. The first-order chi connectivity index (χ1) is 14.6. The van der Waals surface area contributed by atoms with Gasteiger partial charge in [-0.3, -0.25) is 4.99 Å². The Kier molecular flexibility index (Phi) is 7.33. The van der Waals surface area contributed by atoms with Crippen LogP contribution in [0, 0.1) is 18.2 Å². The molecule has 2 N–H and O–H groups in total. The zero-order chi connectivity index (χ0) is 21.3. The smallest absolute Gasteiger partial charge is 0.191 e. The number of hydrogen-bond acceptors (Lipinski definition) is 5. The molecule has 1 saturated heterocycles. The van der Waals surface area contributed by atoms with Crippen molar-refractivity contribution < 1.29 is 13.9 Å². The summed E-state index contributed by atoms with van der Waals surface area (Å²) in [5, 5.41) is 6.68. The van der Waals surface area contributed by atoms with E-state index in [4.69, 9.17) is 15.9 Å². The van der Waals surface area contributed by atoms with Crippen LogP contribution in [-0.4, -0.2) is 50.8 Å². The number of hydrogen-bond donors (Lipinski definition) is 2. The maximum absolute atomic E-state index is 14.0. The molecule has 0 bridgehead atoms. The van der Waals surface area contributed by atoms with Gasteiger partial charge < -0.3 is 25.0 Å². The number of ether oxygens (including phenoxy) is 2. The summed E-state index contributed by atoms with van der Waals surface area (Å²) in [6, 6.07) is 8.84. The molecule has 2 aromatic rings. The zero-order valence-corrected chi connectivity index (χ0v) is 17.2. The van der Waals surface area contributed by atoms with Crippen LogP contribution in [0.4, 0.5) is 10.2 Å². The molecule has 7 nitrogen and oxygen atoms in total. The van der Waals surface area contributed by atoms with Crippen molar-refractivity contribution in [3.8, 4) is 23.8 Å². The molecule has 2 heterocycles. The van der Waals surface area contributed by atoms with Gasteiger partial charge in [0.1, 0.15) is 6.61 Å². The highest BCUT2D eigenvalue weighted by molar-refractivity contribution is 5.80. The van der Waals surface area contributed by atoms with E-state index in [1.54, 1.807) is 26.4 Å². The first-order valence-electron chi connectivity index (χ1n) is 9.70. The van der Waals surface area contributed by atoms with Crippen LogP contribution in [0.3, 0.4) is 0 Å². The van der Waals surface area contributed by atoms with Crippen molar-refractivity contribution >= 4 is 11.8 Å². The fourth-order valence-corrected chi connectivity index (χ4v) is 3.32. The Morgan fingerprint density at radius 3 is 3.00 bits per heavy atom. The third-order valence-corrected chi connectivity index (χ3v) is 4.79. The number of terminal acetylenes is 1. The molecule has 1 fully saturated rings. The molecule has 0 spiro atoms. The van der Waals surface area contributed by atoms with Crippen LogP contribution in [0.15, 0.2) is 41.5 Å². The lowest BCUT2D eigenvalue weighted by atomic mass is 10.2. The highest BCUT2D eigenvalue weighted by atomic mass is 19.1. The Bertz CT molecular complexity index is 928. The number of anilines is 1. The number of methoxy groups -OCH3 is 1. The van der Waals surface area contributed by atoms with Crippen LogP contribution >= 0.6 is 0 Å². The molecule has 0 radical (unpaired) electrons. The van der Waals surface area contributed by atoms with Crippen LogP contribution < -0.4 is 25.0 Å². The zero-order valence-electron chi connectivity index (χ0n) is 17.2. The van der Waals surface area contributed by atoms with E-state index in [9.17, 15) is 4.39 Å². The van der Waals surface area contributed by atoms with Crippen molar-refractivity contribution in [3.63, 3.8) is 0 Å². The van der Waals surface area contributed by atoms with Gasteiger partial charge in [0.15, 0.2) is 29.1 Å². The topological polar surface area (TPSA) is 71.0 Å². The van der Waals surface area contributed by atoms with Gasteiger partial charge in [0.05, 0.1) is 7.11 Å². The highest BCUT2D eigenvalue weighted by Gasteiger charge is 2.25. The molecule has 30 heavy (non-hydrogen) atoms. The summed E-state index contributed by atoms with van der Waals surface area (Å²) < 4.78 is 24.8. The minimum atomic E-state index is -0.303. The standard InChI is InChI=1S/C22H26FN5O2/c1-4-12-30-20-13-16(7-8-19(20)29-3)14-26-22(24-2)27-17-9-11-28(15-17)21-18(23)6-5-10-25-21/h1,5-8,10,13,17H,9,11-12,14-15H2,2-3H3,(H2,24,26,27). The predicted octanol–water partition coefficient (Wildman–Crippen LogP) is 2.19. The molecule has 158 valence electrons. The van der Waals surface area contributed by atoms with Gasteiger partial charge in [-0.15, -0.1) is 6.42 Å². The minimum Gasteiger partial charge on any atom is -0.493 e. The Labute approximate surface area is 176 Å². The molecule has 1 unspecified atom stereocenters. The summed E-state index contributed by atoms with van der Waals surface area (Å²) in [7, 11) is 3.30. The van der Waals surface area contributed by atoms with E-state index in [1.165, 1.54) is 6.07 Å². The number of rotatable bonds is 7. The summed E-state index contributed by atoms with van der Waals surface area (Å²) in [4.78, 5) is 10.4. The average molecular weight is 411 g/mol. The third kappa shape index (κ3) is 5.32. The summed E-state index contributed by atoms with van der Waals surface area (Å²) in [5.41, 5.74) is 0.995. The van der Waals surface area contributed by atoms with Gasteiger partial charge >= 0.3 is 0 Å². The number of nitrogens with zero attached hydrogens (tertiary/aromatic N) is 3. The quantitative estimate of drug-likeness (QED) is 0.414. The predicted molar refractivity (Wildman–Crippen MR) is 115 cm³/mol. The summed E-state index contributed by atoms with van der Waals surface area (Å²) in [6.45, 7) is 2.10. The van der Waals surface area contributed by atoms with Crippen LogP contribution in [0.5, 0.6) is 11.5 Å². The van der Waals surface area contributed by atoms with E-state index in [-0.39, 0.29) is 18.5 Å². The van der Waals surface area contributed by atoms with Gasteiger partial charge in [0, 0.05) is 38.9 Å². The molecule has 0 aliphatic carbocycles. The molecule has 0 saturated carbocycles. The highest BCUT2D eigenvalue weighted by Crippen LogP contribution is 2.28. The van der Waals surface area contributed by atoms with E-state index in [0.717, 1.165) is 18.5 Å². The maximum Gasteiger partial charge on any atom is 0.191 e. The molecule has 0 amide bonds. The van der Waals surface area contributed by atoms with Crippen molar-refractivity contribution in [2.24, 2.45) is 4.99 Å². The van der Waals surface area contributed by atoms with Crippen LogP contribution in [0.1, 0.15) is 12.0 Å². The van der Waals surface area contributed by atoms with E-state index >= 15 is 0 Å². The van der Waals surface area contributed by atoms with Crippen molar-refractivity contribution in [3.05, 3.63) is 47.9 Å². The number of guanidine groups is 1. The molecule has 1 aliphatic rings. The SMILES string of the molecule is C#CCOc1cc(CNC(=NC)NC2CCN(c3ncccc3F)C2)ccc1OC. The van der Waals surface area contributed by atoms with Crippen LogP contribution in [0.25, 0.3) is 0 Å². The van der Waals surface area contributed by atoms with Gasteiger partial charge in [-0.1, -0.05) is 12.0 Å². The number of halogens is 1. The van der Waals surface area contributed by atoms with Crippen LogP contribution in [-0.2, 0) is 6.54 Å². The Balaban J connectivity index is 1.55. The van der Waals surface area contributed by atoms with Gasteiger partial charge in [0.25, 0.3) is 0 Å². The second-order valence-electron chi connectivity index (χ2n) is 6.79. The third-order valence-electron chi connectivity index (χ3n) is 4.79. The number of aromatic nitrogens is 1. The Morgan fingerprint density at radius 2 is 2.27 bits per heavy atom. The van der Waals surface area contributed by atoms with Gasteiger partial charge in [-0.25, -0.2) is 9.37 Å². The molecule has 1 aromatic carbocycles. The lowest BCUT2D eigenvalue weighted by Crippen LogP contribution is -2.44. The lowest BCUT2D eigenvalue weighted by Gasteiger charge is -2.20. The number of aliphatic imine (C=N–C) groups is 1. The molecule has 3 rings (SSSR count). The van der Waals surface area contributed by atoms with Gasteiger partial charge in [0.2, 0.25) is 0 Å². The van der Waals surface area contributed by atoms with E-state index in [2.05, 4.69) is 26.5 Å².